The van der Waals surface area contributed by atoms with Crippen LogP contribution < -0.4 is 5.32 Å². The fraction of sp³-hybridized carbons (Fsp3) is 0.200. The lowest BCUT2D eigenvalue weighted by molar-refractivity contribution is -0.387. The molecule has 0 spiro atoms. The fourth-order valence-electron chi connectivity index (χ4n) is 1.09. The lowest BCUT2D eigenvalue weighted by Crippen LogP contribution is -2.26. The topological polar surface area (TPSA) is 110 Å². The third-order valence-electron chi connectivity index (χ3n) is 2.17. The number of halogens is 1. The van der Waals surface area contributed by atoms with Gasteiger partial charge in [-0.2, -0.15) is 4.39 Å². The van der Waals surface area contributed by atoms with Crippen molar-refractivity contribution >= 4 is 23.3 Å². The predicted octanol–water partition coefficient (Wildman–Crippen LogP) is 1.39. The van der Waals surface area contributed by atoms with Crippen molar-refractivity contribution in [3.8, 4) is 0 Å². The highest BCUT2D eigenvalue weighted by Crippen LogP contribution is 2.21. The smallest absolute Gasteiger partial charge is 0.315 e. The molecule has 18 heavy (non-hydrogen) atoms. The maximum Gasteiger partial charge on any atom is 0.315 e. The Kier molecular flexibility index (Phi) is 3.93. The number of nitro groups is 1. The monoisotopic (exact) mass is 256 g/mol. The molecular weight excluding hydrogens is 247 g/mol. The first-order valence-electron chi connectivity index (χ1n) is 4.80. The molecule has 1 unspecified atom stereocenters. The van der Waals surface area contributed by atoms with E-state index in [1.807, 2.05) is 0 Å². The van der Waals surface area contributed by atoms with Gasteiger partial charge in [-0.1, -0.05) is 0 Å². The van der Waals surface area contributed by atoms with Crippen molar-refractivity contribution in [2.75, 3.05) is 5.32 Å². The minimum Gasteiger partial charge on any atom is -0.481 e. The Morgan fingerprint density at radius 3 is 2.61 bits per heavy atom. The number of aliphatic carboxylic acids is 1. The summed E-state index contributed by atoms with van der Waals surface area (Å²) in [5.74, 6) is -4.52. The van der Waals surface area contributed by atoms with E-state index < -0.39 is 34.2 Å². The van der Waals surface area contributed by atoms with E-state index in [-0.39, 0.29) is 5.69 Å². The lowest BCUT2D eigenvalue weighted by Gasteiger charge is -2.08. The summed E-state index contributed by atoms with van der Waals surface area (Å²) in [6.45, 7) is 1.16. The van der Waals surface area contributed by atoms with Crippen LogP contribution in [0.3, 0.4) is 0 Å². The molecule has 0 bridgehead atoms. The van der Waals surface area contributed by atoms with Crippen molar-refractivity contribution in [1.29, 1.82) is 0 Å². The molecule has 0 aromatic heterocycles. The number of benzene rings is 1. The number of nitrogens with zero attached hydrogens (tertiary/aromatic N) is 1. The molecule has 0 heterocycles. The molecule has 8 heteroatoms. The third-order valence-corrected chi connectivity index (χ3v) is 2.17. The molecule has 1 atom stereocenters. The second kappa shape index (κ2) is 5.21. The lowest BCUT2D eigenvalue weighted by atomic mass is 10.1. The number of nitro benzene ring substituents is 1. The van der Waals surface area contributed by atoms with E-state index >= 15 is 0 Å². The van der Waals surface area contributed by atoms with E-state index in [4.69, 9.17) is 5.11 Å². The molecule has 0 radical (unpaired) electrons. The zero-order valence-electron chi connectivity index (χ0n) is 9.21. The summed E-state index contributed by atoms with van der Waals surface area (Å²) in [6.07, 6.45) is 0. The normalized spacial score (nSPS) is 11.7. The minimum atomic E-state index is -1.33. The molecular formula is C10H9FN2O5. The average molecular weight is 256 g/mol. The number of rotatable bonds is 4. The van der Waals surface area contributed by atoms with Crippen molar-refractivity contribution in [2.45, 2.75) is 6.92 Å². The number of hydrogen-bond donors (Lipinski definition) is 2. The van der Waals surface area contributed by atoms with Gasteiger partial charge in [0.1, 0.15) is 5.92 Å². The van der Waals surface area contributed by atoms with Gasteiger partial charge < -0.3 is 10.4 Å². The standard InChI is InChI=1S/C10H9FN2O5/c1-5(10(15)16)9(14)12-6-2-3-7(11)8(4-6)13(17)18/h2-5H,1H3,(H,12,14)(H,15,16). The van der Waals surface area contributed by atoms with Crippen LogP contribution in [0.2, 0.25) is 0 Å². The van der Waals surface area contributed by atoms with Crippen LogP contribution in [0.4, 0.5) is 15.8 Å². The van der Waals surface area contributed by atoms with Crippen molar-refractivity contribution in [3.63, 3.8) is 0 Å². The highest BCUT2D eigenvalue weighted by atomic mass is 19.1. The first-order valence-corrected chi connectivity index (χ1v) is 4.80. The second-order valence-electron chi connectivity index (χ2n) is 3.47. The van der Waals surface area contributed by atoms with Gasteiger partial charge in [-0.3, -0.25) is 19.7 Å². The van der Waals surface area contributed by atoms with Gasteiger partial charge in [0.25, 0.3) is 0 Å². The van der Waals surface area contributed by atoms with E-state index in [9.17, 15) is 24.1 Å². The molecule has 0 aliphatic rings. The summed E-state index contributed by atoms with van der Waals surface area (Å²) in [5.41, 5.74) is -0.836. The van der Waals surface area contributed by atoms with Crippen molar-refractivity contribution in [3.05, 3.63) is 34.1 Å². The second-order valence-corrected chi connectivity index (χ2v) is 3.47. The Balaban J connectivity index is 2.93. The Morgan fingerprint density at radius 2 is 2.11 bits per heavy atom. The number of hydrogen-bond acceptors (Lipinski definition) is 4. The molecule has 2 N–H and O–H groups in total. The van der Waals surface area contributed by atoms with Gasteiger partial charge in [0.15, 0.2) is 0 Å². The van der Waals surface area contributed by atoms with Gasteiger partial charge in [-0.25, -0.2) is 0 Å². The Labute approximate surface area is 100 Å². The van der Waals surface area contributed by atoms with Gasteiger partial charge in [0.2, 0.25) is 11.7 Å². The van der Waals surface area contributed by atoms with E-state index in [1.54, 1.807) is 0 Å². The van der Waals surface area contributed by atoms with E-state index in [0.717, 1.165) is 25.1 Å². The van der Waals surface area contributed by atoms with Gasteiger partial charge in [0, 0.05) is 11.8 Å². The zero-order chi connectivity index (χ0) is 13.9. The quantitative estimate of drug-likeness (QED) is 0.480. The molecule has 0 aliphatic heterocycles. The fourth-order valence-corrected chi connectivity index (χ4v) is 1.09. The van der Waals surface area contributed by atoms with Crippen LogP contribution >= 0.6 is 0 Å². The Bertz CT molecular complexity index is 517. The SMILES string of the molecule is CC(C(=O)O)C(=O)Nc1ccc(F)c([N+](=O)[O-])c1. The molecule has 1 aromatic carbocycles. The van der Waals surface area contributed by atoms with Gasteiger partial charge in [0.05, 0.1) is 4.92 Å². The van der Waals surface area contributed by atoms with Gasteiger partial charge >= 0.3 is 11.7 Å². The van der Waals surface area contributed by atoms with Crippen LogP contribution in [0, 0.1) is 21.8 Å². The predicted molar refractivity (Wildman–Crippen MR) is 58.5 cm³/mol. The van der Waals surface area contributed by atoms with Crippen LogP contribution in [-0.4, -0.2) is 21.9 Å². The van der Waals surface area contributed by atoms with E-state index in [1.165, 1.54) is 0 Å². The number of carboxylic acids is 1. The van der Waals surface area contributed by atoms with Crippen LogP contribution in [0.5, 0.6) is 0 Å². The number of amides is 1. The Morgan fingerprint density at radius 1 is 1.50 bits per heavy atom. The number of carbonyl (C=O) groups excluding carboxylic acids is 1. The third kappa shape index (κ3) is 3.00. The summed E-state index contributed by atoms with van der Waals surface area (Å²) >= 11 is 0. The van der Waals surface area contributed by atoms with Gasteiger partial charge in [-0.15, -0.1) is 0 Å². The number of nitrogens with one attached hydrogen (secondary N) is 1. The Hall–Kier alpha value is -2.51. The molecule has 1 amide bonds. The minimum absolute atomic E-state index is 0.0406. The molecule has 0 saturated carbocycles. The molecule has 1 aromatic rings. The van der Waals surface area contributed by atoms with Crippen LogP contribution in [0.1, 0.15) is 6.92 Å². The summed E-state index contributed by atoms with van der Waals surface area (Å²) in [5, 5.41) is 21.2. The highest BCUT2D eigenvalue weighted by molar-refractivity contribution is 6.03. The van der Waals surface area contributed by atoms with E-state index in [2.05, 4.69) is 5.32 Å². The maximum atomic E-state index is 13.0. The molecule has 7 nitrogen and oxygen atoms in total. The summed E-state index contributed by atoms with van der Waals surface area (Å²) in [7, 11) is 0. The number of carbonyl (C=O) groups is 2. The summed E-state index contributed by atoms with van der Waals surface area (Å²) in [4.78, 5) is 31.4. The first kappa shape index (κ1) is 13.6. The van der Waals surface area contributed by atoms with E-state index in [0.29, 0.717) is 0 Å². The summed E-state index contributed by atoms with van der Waals surface area (Å²) in [6, 6.07) is 2.75. The van der Waals surface area contributed by atoms with Crippen LogP contribution in [0.25, 0.3) is 0 Å². The van der Waals surface area contributed by atoms with Crippen molar-refractivity contribution in [2.24, 2.45) is 5.92 Å². The molecule has 1 rings (SSSR count). The number of carboxylic acid groups (broad SMARTS) is 1. The first-order chi connectivity index (χ1) is 8.32. The zero-order valence-corrected chi connectivity index (χ0v) is 9.21. The maximum absolute atomic E-state index is 13.0. The molecule has 0 saturated heterocycles. The van der Waals surface area contributed by atoms with Crippen molar-refractivity contribution < 1.29 is 24.0 Å². The van der Waals surface area contributed by atoms with Crippen LogP contribution in [-0.2, 0) is 9.59 Å². The molecule has 0 aliphatic carbocycles. The average Bonchev–Trinajstić information content (AvgIpc) is 2.29. The summed E-state index contributed by atoms with van der Waals surface area (Å²) < 4.78 is 13.0. The number of anilines is 1. The largest absolute Gasteiger partial charge is 0.481 e. The molecule has 96 valence electrons. The van der Waals surface area contributed by atoms with Crippen molar-refractivity contribution in [1.82, 2.24) is 0 Å². The highest BCUT2D eigenvalue weighted by Gasteiger charge is 2.22. The van der Waals surface area contributed by atoms with Gasteiger partial charge in [-0.05, 0) is 19.1 Å². The molecule has 0 fully saturated rings. The van der Waals surface area contributed by atoms with Crippen LogP contribution in [0.15, 0.2) is 18.2 Å².